The van der Waals surface area contributed by atoms with E-state index in [0.29, 0.717) is 16.5 Å². The maximum atomic E-state index is 12.5. The Bertz CT molecular complexity index is 1190. The van der Waals surface area contributed by atoms with Crippen molar-refractivity contribution in [1.82, 2.24) is 4.98 Å². The van der Waals surface area contributed by atoms with Gasteiger partial charge in [-0.05, 0) is 36.1 Å². The first kappa shape index (κ1) is 21.4. The molecule has 0 saturated carbocycles. The van der Waals surface area contributed by atoms with Gasteiger partial charge in [0.2, 0.25) is 0 Å². The van der Waals surface area contributed by atoms with Crippen LogP contribution >= 0.6 is 34.8 Å². The molecule has 2 heterocycles. The average Bonchev–Trinajstić information content (AvgIpc) is 2.66. The Kier molecular flexibility index (Phi) is 6.08. The number of aromatic nitrogens is 1. The number of nitrogens with zero attached hydrogens (tertiary/aromatic N) is 1. The predicted octanol–water partition coefficient (Wildman–Crippen LogP) is 5.52. The van der Waals surface area contributed by atoms with Crippen LogP contribution in [0.2, 0.25) is 15.2 Å². The zero-order valence-electron chi connectivity index (χ0n) is 15.8. The van der Waals surface area contributed by atoms with Crippen molar-refractivity contribution in [3.05, 3.63) is 66.2 Å². The normalized spacial score (nSPS) is 11.3. The summed E-state index contributed by atoms with van der Waals surface area (Å²) in [6.45, 7) is 5.88. The Morgan fingerprint density at radius 1 is 1.21 bits per heavy atom. The zero-order valence-corrected chi connectivity index (χ0v) is 18.1. The van der Waals surface area contributed by atoms with Crippen LogP contribution in [0.3, 0.4) is 0 Å². The number of carbonyl (C=O) groups is 1. The van der Waals surface area contributed by atoms with Gasteiger partial charge in [0.1, 0.15) is 17.2 Å². The first-order chi connectivity index (χ1) is 13.6. The molecule has 0 aliphatic heterocycles. The molecule has 0 atom stereocenters. The number of hydrogen-bond acceptors (Lipinski definition) is 6. The van der Waals surface area contributed by atoms with Crippen molar-refractivity contribution >= 4 is 57.4 Å². The van der Waals surface area contributed by atoms with Crippen molar-refractivity contribution in [2.75, 3.05) is 5.73 Å². The van der Waals surface area contributed by atoms with Crippen molar-refractivity contribution in [2.45, 2.75) is 33.3 Å². The summed E-state index contributed by atoms with van der Waals surface area (Å²) in [6, 6.07) is 5.02. The molecule has 6 nitrogen and oxygen atoms in total. The van der Waals surface area contributed by atoms with Crippen molar-refractivity contribution in [1.29, 1.82) is 0 Å². The standard InChI is InChI=1S/C20H17Cl3N2O4/c1-8(2)11-6-12-10(5-14(26)29-13(12)4-9(11)3)7-28-20(27)18-15(21)17(24)16(22)19(23)25-18/h4-6,8H,7H2,1-3H3,(H2,24,25). The van der Waals surface area contributed by atoms with Crippen molar-refractivity contribution in [3.63, 3.8) is 0 Å². The van der Waals surface area contributed by atoms with Crippen LogP contribution in [0.25, 0.3) is 11.0 Å². The van der Waals surface area contributed by atoms with E-state index in [1.54, 1.807) is 6.07 Å². The van der Waals surface area contributed by atoms with Gasteiger partial charge >= 0.3 is 11.6 Å². The molecule has 0 fully saturated rings. The molecular formula is C20H17Cl3N2O4. The van der Waals surface area contributed by atoms with E-state index in [9.17, 15) is 9.59 Å². The third kappa shape index (κ3) is 4.20. The number of esters is 1. The van der Waals surface area contributed by atoms with E-state index in [4.69, 9.17) is 49.7 Å². The second kappa shape index (κ2) is 8.22. The van der Waals surface area contributed by atoms with Gasteiger partial charge in [0.15, 0.2) is 10.8 Å². The number of benzene rings is 1. The Morgan fingerprint density at radius 2 is 1.90 bits per heavy atom. The van der Waals surface area contributed by atoms with E-state index in [2.05, 4.69) is 18.8 Å². The lowest BCUT2D eigenvalue weighted by atomic mass is 9.95. The second-order valence-electron chi connectivity index (χ2n) is 6.82. The monoisotopic (exact) mass is 454 g/mol. The van der Waals surface area contributed by atoms with E-state index in [1.807, 2.05) is 13.0 Å². The molecule has 0 amide bonds. The molecule has 0 saturated heterocycles. The lowest BCUT2D eigenvalue weighted by Crippen LogP contribution is -2.11. The number of nitrogen functional groups attached to an aromatic ring is 1. The van der Waals surface area contributed by atoms with Gasteiger partial charge in [0, 0.05) is 17.0 Å². The van der Waals surface area contributed by atoms with Crippen LogP contribution in [0, 0.1) is 6.92 Å². The van der Waals surface area contributed by atoms with Gasteiger partial charge in [-0.15, -0.1) is 0 Å². The Hall–Kier alpha value is -2.28. The van der Waals surface area contributed by atoms with Gasteiger partial charge in [-0.2, -0.15) is 0 Å². The number of fused-ring (bicyclic) bond motifs is 1. The van der Waals surface area contributed by atoms with Crippen molar-refractivity contribution in [2.24, 2.45) is 0 Å². The molecule has 0 aliphatic rings. The number of aryl methyl sites for hydroxylation is 1. The van der Waals surface area contributed by atoms with Crippen LogP contribution in [0.15, 0.2) is 27.4 Å². The molecule has 0 aliphatic carbocycles. The number of pyridine rings is 1. The molecule has 29 heavy (non-hydrogen) atoms. The fourth-order valence-corrected chi connectivity index (χ4v) is 3.60. The van der Waals surface area contributed by atoms with E-state index >= 15 is 0 Å². The number of carbonyl (C=O) groups excluding carboxylic acids is 1. The minimum absolute atomic E-state index is 0.0449. The summed E-state index contributed by atoms with van der Waals surface area (Å²) in [5.41, 5.74) is 7.88. The van der Waals surface area contributed by atoms with Crippen LogP contribution in [-0.2, 0) is 11.3 Å². The quantitative estimate of drug-likeness (QED) is 0.316. The minimum Gasteiger partial charge on any atom is -0.456 e. The molecule has 2 aromatic heterocycles. The van der Waals surface area contributed by atoms with Crippen molar-refractivity contribution in [3.8, 4) is 0 Å². The molecule has 0 spiro atoms. The minimum atomic E-state index is -0.849. The predicted molar refractivity (Wildman–Crippen MR) is 114 cm³/mol. The third-order valence-electron chi connectivity index (χ3n) is 4.46. The molecule has 9 heteroatoms. The molecule has 0 radical (unpaired) electrons. The SMILES string of the molecule is Cc1cc2oc(=O)cc(COC(=O)c3nc(Cl)c(Cl)c(N)c3Cl)c2cc1C(C)C. The molecule has 0 unspecified atom stereocenters. The van der Waals surface area contributed by atoms with Gasteiger partial charge in [-0.25, -0.2) is 14.6 Å². The summed E-state index contributed by atoms with van der Waals surface area (Å²) >= 11 is 17.8. The van der Waals surface area contributed by atoms with E-state index in [1.165, 1.54) is 6.07 Å². The number of halogens is 3. The highest BCUT2D eigenvalue weighted by Crippen LogP contribution is 2.35. The summed E-state index contributed by atoms with van der Waals surface area (Å²) in [5, 5.41) is 0.318. The van der Waals surface area contributed by atoms with Crippen LogP contribution in [-0.4, -0.2) is 11.0 Å². The number of rotatable bonds is 4. The number of ether oxygens (including phenoxy) is 1. The van der Waals surface area contributed by atoms with Crippen molar-refractivity contribution < 1.29 is 13.9 Å². The maximum absolute atomic E-state index is 12.5. The zero-order chi connectivity index (χ0) is 21.5. The first-order valence-electron chi connectivity index (χ1n) is 8.64. The summed E-state index contributed by atoms with van der Waals surface area (Å²) in [7, 11) is 0. The number of nitrogens with two attached hydrogens (primary N) is 1. The Morgan fingerprint density at radius 3 is 2.55 bits per heavy atom. The molecule has 152 valence electrons. The lowest BCUT2D eigenvalue weighted by molar-refractivity contribution is 0.0467. The van der Waals surface area contributed by atoms with E-state index < -0.39 is 11.6 Å². The first-order valence-corrected chi connectivity index (χ1v) is 9.78. The van der Waals surface area contributed by atoms with Crippen LogP contribution in [0.4, 0.5) is 5.69 Å². The molecule has 0 bridgehead atoms. The molecule has 3 rings (SSSR count). The molecular weight excluding hydrogens is 439 g/mol. The van der Waals surface area contributed by atoms with Crippen LogP contribution in [0.1, 0.15) is 46.9 Å². The largest absolute Gasteiger partial charge is 0.456 e. The molecule has 1 aromatic carbocycles. The van der Waals surface area contributed by atoms with Gasteiger partial charge < -0.3 is 14.9 Å². The highest BCUT2D eigenvalue weighted by molar-refractivity contribution is 6.46. The smallest absolute Gasteiger partial charge is 0.358 e. The third-order valence-corrected chi connectivity index (χ3v) is 5.60. The highest BCUT2D eigenvalue weighted by atomic mass is 35.5. The average molecular weight is 456 g/mol. The number of anilines is 1. The van der Waals surface area contributed by atoms with Gasteiger partial charge in [-0.1, -0.05) is 48.7 Å². The van der Waals surface area contributed by atoms with Crippen LogP contribution in [0.5, 0.6) is 0 Å². The lowest BCUT2D eigenvalue weighted by Gasteiger charge is -2.13. The van der Waals surface area contributed by atoms with E-state index in [-0.39, 0.29) is 39.1 Å². The summed E-state index contributed by atoms with van der Waals surface area (Å²) in [6.07, 6.45) is 0. The maximum Gasteiger partial charge on any atom is 0.358 e. The van der Waals surface area contributed by atoms with Gasteiger partial charge in [0.25, 0.3) is 0 Å². The fourth-order valence-electron chi connectivity index (χ4n) is 3.01. The van der Waals surface area contributed by atoms with Gasteiger partial charge in [0.05, 0.1) is 10.7 Å². The van der Waals surface area contributed by atoms with Crippen LogP contribution < -0.4 is 11.4 Å². The Labute approximate surface area is 181 Å². The topological polar surface area (TPSA) is 95.4 Å². The van der Waals surface area contributed by atoms with Gasteiger partial charge in [-0.3, -0.25) is 0 Å². The fraction of sp³-hybridized carbons (Fsp3) is 0.250. The second-order valence-corrected chi connectivity index (χ2v) is 7.93. The molecule has 2 N–H and O–H groups in total. The summed E-state index contributed by atoms with van der Waals surface area (Å²) < 4.78 is 10.6. The summed E-state index contributed by atoms with van der Waals surface area (Å²) in [5.74, 6) is -0.582. The number of hydrogen-bond donors (Lipinski definition) is 1. The van der Waals surface area contributed by atoms with E-state index in [0.717, 1.165) is 11.1 Å². The Balaban J connectivity index is 1.98. The summed E-state index contributed by atoms with van der Waals surface area (Å²) in [4.78, 5) is 28.3. The molecule has 3 aromatic rings. The highest BCUT2D eigenvalue weighted by Gasteiger charge is 2.21.